The summed E-state index contributed by atoms with van der Waals surface area (Å²) in [6.45, 7) is 3.99. The predicted molar refractivity (Wildman–Crippen MR) is 53.7 cm³/mol. The summed E-state index contributed by atoms with van der Waals surface area (Å²) in [4.78, 5) is 15.4. The summed E-state index contributed by atoms with van der Waals surface area (Å²) in [7, 11) is 0. The van der Waals surface area contributed by atoms with Crippen LogP contribution in [0, 0.1) is 6.92 Å². The van der Waals surface area contributed by atoms with Crippen molar-refractivity contribution in [2.24, 2.45) is 0 Å². The quantitative estimate of drug-likeness (QED) is 0.720. The Bertz CT molecular complexity index is 364. The molecule has 1 aromatic rings. The Morgan fingerprint density at radius 2 is 2.43 bits per heavy atom. The number of carbonyl (C=O) groups is 1. The van der Waals surface area contributed by atoms with Crippen molar-refractivity contribution in [3.8, 4) is 0 Å². The van der Waals surface area contributed by atoms with E-state index in [0.29, 0.717) is 6.42 Å². The standard InChI is InChI=1S/C10H13N3O/c1-7-4-3-5-11-10(7)13-8(2)6-9(14)12-13/h3-5,8H,6H2,1-2H3,(H,12,14). The fourth-order valence-corrected chi connectivity index (χ4v) is 1.64. The summed E-state index contributed by atoms with van der Waals surface area (Å²) < 4.78 is 0. The van der Waals surface area contributed by atoms with E-state index in [1.165, 1.54) is 0 Å². The lowest BCUT2D eigenvalue weighted by atomic mass is 10.2. The van der Waals surface area contributed by atoms with Crippen LogP contribution in [-0.2, 0) is 4.79 Å². The van der Waals surface area contributed by atoms with Crippen LogP contribution in [0.15, 0.2) is 18.3 Å². The third kappa shape index (κ3) is 1.43. The van der Waals surface area contributed by atoms with Crippen molar-refractivity contribution in [3.63, 3.8) is 0 Å². The Morgan fingerprint density at radius 1 is 1.64 bits per heavy atom. The fourth-order valence-electron chi connectivity index (χ4n) is 1.64. The van der Waals surface area contributed by atoms with Gasteiger partial charge in [-0.15, -0.1) is 0 Å². The molecular formula is C10H13N3O. The molecule has 1 fully saturated rings. The molecule has 4 heteroatoms. The first-order valence-corrected chi connectivity index (χ1v) is 4.69. The van der Waals surface area contributed by atoms with Crippen LogP contribution in [0.3, 0.4) is 0 Å². The zero-order valence-corrected chi connectivity index (χ0v) is 8.32. The van der Waals surface area contributed by atoms with E-state index >= 15 is 0 Å². The van der Waals surface area contributed by atoms with Crippen molar-refractivity contribution < 1.29 is 4.79 Å². The van der Waals surface area contributed by atoms with Crippen molar-refractivity contribution >= 4 is 11.7 Å². The number of aromatic nitrogens is 1. The van der Waals surface area contributed by atoms with Gasteiger partial charge in [-0.25, -0.2) is 4.98 Å². The lowest BCUT2D eigenvalue weighted by Gasteiger charge is -2.22. The van der Waals surface area contributed by atoms with Crippen LogP contribution in [0.1, 0.15) is 18.9 Å². The van der Waals surface area contributed by atoms with Crippen LogP contribution in [0.2, 0.25) is 0 Å². The number of pyridine rings is 1. The lowest BCUT2D eigenvalue weighted by Crippen LogP contribution is -2.38. The zero-order chi connectivity index (χ0) is 10.1. The molecular weight excluding hydrogens is 178 g/mol. The maximum Gasteiger partial charge on any atom is 0.240 e. The van der Waals surface area contributed by atoms with Gasteiger partial charge in [0.05, 0.1) is 12.5 Å². The van der Waals surface area contributed by atoms with E-state index in [1.54, 1.807) is 6.20 Å². The van der Waals surface area contributed by atoms with Gasteiger partial charge in [-0.2, -0.15) is 0 Å². The van der Waals surface area contributed by atoms with Gasteiger partial charge < -0.3 is 0 Å². The monoisotopic (exact) mass is 191 g/mol. The molecule has 1 aliphatic heterocycles. The summed E-state index contributed by atoms with van der Waals surface area (Å²) in [5, 5.41) is 1.83. The predicted octanol–water partition coefficient (Wildman–Crippen LogP) is 1.02. The van der Waals surface area contributed by atoms with Gasteiger partial charge in [-0.05, 0) is 25.5 Å². The highest BCUT2D eigenvalue weighted by atomic mass is 16.2. The first kappa shape index (κ1) is 8.99. The van der Waals surface area contributed by atoms with Crippen LogP contribution < -0.4 is 10.4 Å². The second-order valence-electron chi connectivity index (χ2n) is 3.60. The van der Waals surface area contributed by atoms with Crippen LogP contribution >= 0.6 is 0 Å². The second-order valence-corrected chi connectivity index (χ2v) is 3.60. The molecule has 1 amide bonds. The zero-order valence-electron chi connectivity index (χ0n) is 8.32. The Labute approximate surface area is 82.9 Å². The number of aryl methyl sites for hydroxylation is 1. The van der Waals surface area contributed by atoms with Crippen molar-refractivity contribution in [2.45, 2.75) is 26.3 Å². The molecule has 4 nitrogen and oxygen atoms in total. The Morgan fingerprint density at radius 3 is 3.00 bits per heavy atom. The number of hydrogen-bond acceptors (Lipinski definition) is 3. The SMILES string of the molecule is Cc1cccnc1N1NC(=O)CC1C. The van der Waals surface area contributed by atoms with Gasteiger partial charge in [0.15, 0.2) is 0 Å². The van der Waals surface area contributed by atoms with Gasteiger partial charge in [-0.1, -0.05) is 6.07 Å². The molecule has 0 bridgehead atoms. The average Bonchev–Trinajstić information content (AvgIpc) is 2.46. The highest BCUT2D eigenvalue weighted by Gasteiger charge is 2.28. The van der Waals surface area contributed by atoms with Crippen molar-refractivity contribution in [2.75, 3.05) is 5.01 Å². The van der Waals surface area contributed by atoms with Crippen LogP contribution in [-0.4, -0.2) is 16.9 Å². The Hall–Kier alpha value is -1.58. The molecule has 0 radical (unpaired) electrons. The van der Waals surface area contributed by atoms with Gasteiger partial charge in [-0.3, -0.25) is 15.2 Å². The Kier molecular flexibility index (Phi) is 2.11. The van der Waals surface area contributed by atoms with Gasteiger partial charge in [0, 0.05) is 6.20 Å². The van der Waals surface area contributed by atoms with Gasteiger partial charge in [0.2, 0.25) is 5.91 Å². The molecule has 0 spiro atoms. The molecule has 2 rings (SSSR count). The van der Waals surface area contributed by atoms with Crippen molar-refractivity contribution in [1.82, 2.24) is 10.4 Å². The van der Waals surface area contributed by atoms with Crippen LogP contribution in [0.25, 0.3) is 0 Å². The first-order chi connectivity index (χ1) is 6.68. The summed E-state index contributed by atoms with van der Waals surface area (Å²) in [5.41, 5.74) is 3.86. The summed E-state index contributed by atoms with van der Waals surface area (Å²) in [5.74, 6) is 0.897. The number of anilines is 1. The molecule has 1 saturated heterocycles. The maximum absolute atomic E-state index is 11.2. The molecule has 0 aliphatic carbocycles. The smallest absolute Gasteiger partial charge is 0.240 e. The van der Waals surface area contributed by atoms with E-state index < -0.39 is 0 Å². The van der Waals surface area contributed by atoms with Crippen LogP contribution in [0.5, 0.6) is 0 Å². The minimum absolute atomic E-state index is 0.0579. The molecule has 0 saturated carbocycles. The maximum atomic E-state index is 11.2. The number of nitrogens with zero attached hydrogens (tertiary/aromatic N) is 2. The topological polar surface area (TPSA) is 45.2 Å². The largest absolute Gasteiger partial charge is 0.273 e. The molecule has 1 aromatic heterocycles. The molecule has 1 unspecified atom stereocenters. The van der Waals surface area contributed by atoms with Gasteiger partial charge in [0.1, 0.15) is 5.82 Å². The minimum atomic E-state index is 0.0579. The molecule has 2 heterocycles. The Balaban J connectivity index is 2.32. The summed E-state index contributed by atoms with van der Waals surface area (Å²) in [6, 6.07) is 4.05. The van der Waals surface area contributed by atoms with E-state index in [1.807, 2.05) is 31.0 Å². The van der Waals surface area contributed by atoms with Crippen molar-refractivity contribution in [1.29, 1.82) is 0 Å². The first-order valence-electron chi connectivity index (χ1n) is 4.69. The van der Waals surface area contributed by atoms with E-state index in [2.05, 4.69) is 10.4 Å². The molecule has 14 heavy (non-hydrogen) atoms. The molecule has 0 aromatic carbocycles. The average molecular weight is 191 g/mol. The molecule has 1 N–H and O–H groups in total. The highest BCUT2D eigenvalue weighted by Crippen LogP contribution is 2.21. The number of hydrazine groups is 1. The normalized spacial score (nSPS) is 21.1. The third-order valence-electron chi connectivity index (χ3n) is 2.38. The van der Waals surface area contributed by atoms with Gasteiger partial charge >= 0.3 is 0 Å². The van der Waals surface area contributed by atoms with E-state index in [0.717, 1.165) is 11.4 Å². The third-order valence-corrected chi connectivity index (χ3v) is 2.38. The van der Waals surface area contributed by atoms with Gasteiger partial charge in [0.25, 0.3) is 0 Å². The molecule has 1 aliphatic rings. The minimum Gasteiger partial charge on any atom is -0.273 e. The number of rotatable bonds is 1. The number of carbonyl (C=O) groups excluding carboxylic acids is 1. The summed E-state index contributed by atoms with van der Waals surface area (Å²) >= 11 is 0. The highest BCUT2D eigenvalue weighted by molar-refractivity contribution is 5.82. The number of amides is 1. The van der Waals surface area contributed by atoms with E-state index in [4.69, 9.17) is 0 Å². The van der Waals surface area contributed by atoms with Crippen LogP contribution in [0.4, 0.5) is 5.82 Å². The lowest BCUT2D eigenvalue weighted by molar-refractivity contribution is -0.119. The van der Waals surface area contributed by atoms with Crippen molar-refractivity contribution in [3.05, 3.63) is 23.9 Å². The number of hydrogen-bond donors (Lipinski definition) is 1. The van der Waals surface area contributed by atoms with E-state index in [-0.39, 0.29) is 11.9 Å². The summed E-state index contributed by atoms with van der Waals surface area (Å²) in [6.07, 6.45) is 2.27. The molecule has 1 atom stereocenters. The second kappa shape index (κ2) is 3.29. The van der Waals surface area contributed by atoms with E-state index in [9.17, 15) is 4.79 Å². The number of nitrogens with one attached hydrogen (secondary N) is 1. The molecule has 74 valence electrons. The fraction of sp³-hybridized carbons (Fsp3) is 0.400.